The molecule has 1 aromatic rings. The zero-order chi connectivity index (χ0) is 12.5. The maximum atomic E-state index is 13.1. The first kappa shape index (κ1) is 12.4. The van der Waals surface area contributed by atoms with Crippen LogP contribution >= 0.6 is 0 Å². The van der Waals surface area contributed by atoms with Crippen LogP contribution in [0.15, 0.2) is 18.5 Å². The first-order valence-corrected chi connectivity index (χ1v) is 6.03. The van der Waals surface area contributed by atoms with E-state index in [2.05, 4.69) is 4.98 Å². The molecule has 0 saturated heterocycles. The van der Waals surface area contributed by atoms with E-state index in [4.69, 9.17) is 5.73 Å². The zero-order valence-corrected chi connectivity index (χ0v) is 10.00. The van der Waals surface area contributed by atoms with Gasteiger partial charge in [-0.1, -0.05) is 6.07 Å². The molecule has 0 aromatic carbocycles. The van der Waals surface area contributed by atoms with E-state index in [0.29, 0.717) is 12.8 Å². The lowest BCUT2D eigenvalue weighted by atomic mass is 9.80. The molecule has 1 unspecified atom stereocenters. The van der Waals surface area contributed by atoms with Crippen molar-refractivity contribution in [3.63, 3.8) is 0 Å². The Morgan fingerprint density at radius 2 is 2.00 bits per heavy atom. The highest BCUT2D eigenvalue weighted by Crippen LogP contribution is 2.40. The maximum Gasteiger partial charge on any atom is 0.248 e. The zero-order valence-electron chi connectivity index (χ0n) is 10.00. The van der Waals surface area contributed by atoms with Crippen molar-refractivity contribution >= 4 is 0 Å². The fourth-order valence-electron chi connectivity index (χ4n) is 2.45. The van der Waals surface area contributed by atoms with E-state index in [1.807, 2.05) is 13.0 Å². The summed E-state index contributed by atoms with van der Waals surface area (Å²) in [6, 6.07) is 1.82. The second-order valence-electron chi connectivity index (χ2n) is 5.01. The Morgan fingerprint density at radius 1 is 1.35 bits per heavy atom. The minimum atomic E-state index is -2.49. The molecule has 1 aliphatic carbocycles. The van der Waals surface area contributed by atoms with Gasteiger partial charge in [-0.05, 0) is 36.8 Å². The molecule has 94 valence electrons. The number of halogens is 2. The highest BCUT2D eigenvalue weighted by Gasteiger charge is 2.37. The van der Waals surface area contributed by atoms with E-state index >= 15 is 0 Å². The van der Waals surface area contributed by atoms with Gasteiger partial charge in [-0.25, -0.2) is 8.78 Å². The Hall–Kier alpha value is -1.03. The average Bonchev–Trinajstić information content (AvgIpc) is 2.28. The first-order chi connectivity index (χ1) is 7.98. The van der Waals surface area contributed by atoms with Crippen molar-refractivity contribution in [1.82, 2.24) is 4.98 Å². The summed E-state index contributed by atoms with van der Waals surface area (Å²) in [5.41, 5.74) is 8.16. The van der Waals surface area contributed by atoms with Crippen LogP contribution in [-0.4, -0.2) is 10.9 Å². The van der Waals surface area contributed by atoms with Crippen molar-refractivity contribution in [2.24, 2.45) is 11.7 Å². The Labute approximate surface area is 100 Å². The molecule has 1 aromatic heterocycles. The van der Waals surface area contributed by atoms with Crippen LogP contribution in [0.1, 0.15) is 42.9 Å². The van der Waals surface area contributed by atoms with Crippen LogP contribution in [0.5, 0.6) is 0 Å². The number of aromatic nitrogens is 1. The van der Waals surface area contributed by atoms with Crippen molar-refractivity contribution in [1.29, 1.82) is 0 Å². The van der Waals surface area contributed by atoms with Gasteiger partial charge in [0.1, 0.15) is 0 Å². The quantitative estimate of drug-likeness (QED) is 0.862. The number of rotatable bonds is 2. The van der Waals surface area contributed by atoms with E-state index in [9.17, 15) is 8.78 Å². The van der Waals surface area contributed by atoms with Gasteiger partial charge >= 0.3 is 0 Å². The predicted molar refractivity (Wildman–Crippen MR) is 62.8 cm³/mol. The van der Waals surface area contributed by atoms with Crippen LogP contribution in [-0.2, 0) is 0 Å². The van der Waals surface area contributed by atoms with Gasteiger partial charge in [0, 0.05) is 31.3 Å². The lowest BCUT2D eigenvalue weighted by molar-refractivity contribution is -0.0483. The molecule has 2 nitrogen and oxygen atoms in total. The van der Waals surface area contributed by atoms with Crippen LogP contribution in [0, 0.1) is 12.8 Å². The molecule has 0 aliphatic heterocycles. The third kappa shape index (κ3) is 3.00. The van der Waals surface area contributed by atoms with Gasteiger partial charge in [-0.2, -0.15) is 0 Å². The largest absolute Gasteiger partial charge is 0.324 e. The molecule has 0 radical (unpaired) electrons. The summed E-state index contributed by atoms with van der Waals surface area (Å²) >= 11 is 0. The molecule has 4 heteroatoms. The van der Waals surface area contributed by atoms with Gasteiger partial charge in [0.2, 0.25) is 5.92 Å². The lowest BCUT2D eigenvalue weighted by Crippen LogP contribution is -2.31. The summed E-state index contributed by atoms with van der Waals surface area (Å²) in [7, 11) is 0. The van der Waals surface area contributed by atoms with E-state index in [1.165, 1.54) is 0 Å². The van der Waals surface area contributed by atoms with Crippen molar-refractivity contribution in [2.75, 3.05) is 0 Å². The fourth-order valence-corrected chi connectivity index (χ4v) is 2.45. The average molecular weight is 240 g/mol. The molecule has 0 amide bonds. The van der Waals surface area contributed by atoms with Gasteiger partial charge in [0.05, 0.1) is 0 Å². The molecule has 1 atom stereocenters. The van der Waals surface area contributed by atoms with Gasteiger partial charge in [-0.15, -0.1) is 0 Å². The molecule has 1 heterocycles. The van der Waals surface area contributed by atoms with Gasteiger partial charge in [0.25, 0.3) is 0 Å². The van der Waals surface area contributed by atoms with E-state index in [-0.39, 0.29) is 24.8 Å². The first-order valence-electron chi connectivity index (χ1n) is 6.03. The number of nitrogens with two attached hydrogens (primary N) is 1. The SMILES string of the molecule is Cc1cncc(C(N)C2CCC(F)(F)CC2)c1. The Morgan fingerprint density at radius 3 is 2.59 bits per heavy atom. The van der Waals surface area contributed by atoms with E-state index in [0.717, 1.165) is 11.1 Å². The number of nitrogens with zero attached hydrogens (tertiary/aromatic N) is 1. The summed E-state index contributed by atoms with van der Waals surface area (Å²) in [5.74, 6) is -2.33. The summed E-state index contributed by atoms with van der Waals surface area (Å²) < 4.78 is 26.1. The Bertz CT molecular complexity index is 383. The minimum Gasteiger partial charge on any atom is -0.324 e. The number of hydrogen-bond donors (Lipinski definition) is 1. The minimum absolute atomic E-state index is 0.0371. The summed E-state index contributed by atoms with van der Waals surface area (Å²) in [4.78, 5) is 4.10. The highest BCUT2D eigenvalue weighted by atomic mass is 19.3. The van der Waals surface area contributed by atoms with E-state index in [1.54, 1.807) is 12.4 Å². The number of hydrogen-bond acceptors (Lipinski definition) is 2. The molecular formula is C13H18F2N2. The van der Waals surface area contributed by atoms with Gasteiger partial charge in [0.15, 0.2) is 0 Å². The van der Waals surface area contributed by atoms with Crippen LogP contribution in [0.2, 0.25) is 0 Å². The second kappa shape index (κ2) is 4.69. The van der Waals surface area contributed by atoms with Crippen molar-refractivity contribution in [3.8, 4) is 0 Å². The fraction of sp³-hybridized carbons (Fsp3) is 0.615. The van der Waals surface area contributed by atoms with Crippen LogP contribution in [0.4, 0.5) is 8.78 Å². The molecule has 0 bridgehead atoms. The summed E-state index contributed by atoms with van der Waals surface area (Å²) in [5, 5.41) is 0. The summed E-state index contributed by atoms with van der Waals surface area (Å²) in [6.07, 6.45) is 4.44. The number of aryl methyl sites for hydroxylation is 1. The highest BCUT2D eigenvalue weighted by molar-refractivity contribution is 5.20. The molecule has 17 heavy (non-hydrogen) atoms. The van der Waals surface area contributed by atoms with Crippen molar-refractivity contribution < 1.29 is 8.78 Å². The third-order valence-electron chi connectivity index (χ3n) is 3.55. The maximum absolute atomic E-state index is 13.1. The van der Waals surface area contributed by atoms with Crippen molar-refractivity contribution in [3.05, 3.63) is 29.6 Å². The van der Waals surface area contributed by atoms with Crippen LogP contribution in [0.3, 0.4) is 0 Å². The normalized spacial score (nSPS) is 22.4. The van der Waals surface area contributed by atoms with Crippen LogP contribution < -0.4 is 5.73 Å². The van der Waals surface area contributed by atoms with E-state index < -0.39 is 5.92 Å². The second-order valence-corrected chi connectivity index (χ2v) is 5.01. The standard InChI is InChI=1S/C13H18F2N2/c1-9-6-11(8-17-7-9)12(16)10-2-4-13(14,15)5-3-10/h6-8,10,12H,2-5,16H2,1H3. The Balaban J connectivity index is 2.04. The molecule has 2 N–H and O–H groups in total. The molecule has 0 spiro atoms. The molecule has 1 fully saturated rings. The molecule has 1 saturated carbocycles. The molecule has 2 rings (SSSR count). The van der Waals surface area contributed by atoms with Crippen molar-refractivity contribution in [2.45, 2.75) is 44.6 Å². The Kier molecular flexibility index (Phi) is 3.43. The van der Waals surface area contributed by atoms with Gasteiger partial charge in [-0.3, -0.25) is 4.98 Å². The number of pyridine rings is 1. The number of alkyl halides is 2. The summed E-state index contributed by atoms with van der Waals surface area (Å²) in [6.45, 7) is 1.96. The molecular weight excluding hydrogens is 222 g/mol. The van der Waals surface area contributed by atoms with Crippen LogP contribution in [0.25, 0.3) is 0 Å². The third-order valence-corrected chi connectivity index (χ3v) is 3.55. The predicted octanol–water partition coefficient (Wildman–Crippen LogP) is 3.22. The molecule has 1 aliphatic rings. The lowest BCUT2D eigenvalue weighted by Gasteiger charge is -2.32. The smallest absolute Gasteiger partial charge is 0.248 e. The monoisotopic (exact) mass is 240 g/mol. The topological polar surface area (TPSA) is 38.9 Å². The van der Waals surface area contributed by atoms with Gasteiger partial charge < -0.3 is 5.73 Å².